The number of nitrogens with one attached hydrogen (secondary N) is 2. The lowest BCUT2D eigenvalue weighted by Gasteiger charge is -2.31. The highest BCUT2D eigenvalue weighted by Crippen LogP contribution is 2.38. The minimum absolute atomic E-state index is 0.104. The van der Waals surface area contributed by atoms with Gasteiger partial charge in [0.1, 0.15) is 5.82 Å². The fraction of sp³-hybridized carbons (Fsp3) is 0.562. The van der Waals surface area contributed by atoms with Gasteiger partial charge in [0.15, 0.2) is 0 Å². The van der Waals surface area contributed by atoms with Crippen molar-refractivity contribution < 1.29 is 13.9 Å². The van der Waals surface area contributed by atoms with E-state index >= 15 is 0 Å². The third-order valence-corrected chi connectivity index (χ3v) is 4.10. The molecule has 0 saturated carbocycles. The number of hydrogen-bond donors (Lipinski definition) is 2. The molecule has 0 fully saturated rings. The van der Waals surface area contributed by atoms with Gasteiger partial charge in [0.2, 0.25) is 0 Å². The van der Waals surface area contributed by atoms with Gasteiger partial charge in [-0.15, -0.1) is 0 Å². The predicted molar refractivity (Wildman–Crippen MR) is 79.8 cm³/mol. The van der Waals surface area contributed by atoms with Gasteiger partial charge in [0.25, 0.3) is 5.91 Å². The summed E-state index contributed by atoms with van der Waals surface area (Å²) in [6, 6.07) is 4.42. The first-order valence-electron chi connectivity index (χ1n) is 7.39. The van der Waals surface area contributed by atoms with Crippen LogP contribution < -0.4 is 10.6 Å². The summed E-state index contributed by atoms with van der Waals surface area (Å²) in [5.74, 6) is -0.399. The van der Waals surface area contributed by atoms with E-state index in [1.54, 1.807) is 13.2 Å². The molecule has 0 spiro atoms. The van der Waals surface area contributed by atoms with Gasteiger partial charge in [-0.2, -0.15) is 0 Å². The van der Waals surface area contributed by atoms with Gasteiger partial charge < -0.3 is 15.4 Å². The molecule has 2 N–H and O–H groups in total. The van der Waals surface area contributed by atoms with Crippen molar-refractivity contribution in [2.24, 2.45) is 0 Å². The molecule has 5 heteroatoms. The predicted octanol–water partition coefficient (Wildman–Crippen LogP) is 2.19. The minimum atomic E-state index is -0.467. The average molecular weight is 294 g/mol. The Morgan fingerprint density at radius 2 is 2.14 bits per heavy atom. The quantitative estimate of drug-likeness (QED) is 0.723. The smallest absolute Gasteiger partial charge is 0.252 e. The number of methoxy groups -OCH3 is 1. The highest BCUT2D eigenvalue weighted by molar-refractivity contribution is 6.00. The summed E-state index contributed by atoms with van der Waals surface area (Å²) in [6.45, 7) is 1.46. The van der Waals surface area contributed by atoms with E-state index in [9.17, 15) is 9.18 Å². The van der Waals surface area contributed by atoms with Crippen LogP contribution in [0.15, 0.2) is 18.2 Å². The number of benzene rings is 1. The lowest BCUT2D eigenvalue weighted by Crippen LogP contribution is -2.41. The van der Waals surface area contributed by atoms with E-state index in [0.717, 1.165) is 37.8 Å². The van der Waals surface area contributed by atoms with Crippen LogP contribution in [-0.2, 0) is 10.3 Å². The molecule has 21 heavy (non-hydrogen) atoms. The second-order valence-corrected chi connectivity index (χ2v) is 5.53. The molecule has 0 unspecified atom stereocenters. The van der Waals surface area contributed by atoms with Crippen molar-refractivity contribution in [3.05, 3.63) is 35.1 Å². The Kier molecular flexibility index (Phi) is 5.31. The Hall–Kier alpha value is -1.46. The third kappa shape index (κ3) is 3.41. The molecule has 0 aromatic heterocycles. The van der Waals surface area contributed by atoms with Crippen molar-refractivity contribution >= 4 is 5.91 Å². The van der Waals surface area contributed by atoms with E-state index in [0.29, 0.717) is 12.2 Å². The highest BCUT2D eigenvalue weighted by atomic mass is 19.1. The number of rotatable bonds is 8. The topological polar surface area (TPSA) is 50.4 Å². The molecule has 116 valence electrons. The van der Waals surface area contributed by atoms with Crippen LogP contribution in [0.3, 0.4) is 0 Å². The molecule has 2 rings (SSSR count). The van der Waals surface area contributed by atoms with E-state index < -0.39 is 5.54 Å². The summed E-state index contributed by atoms with van der Waals surface area (Å²) in [6.07, 6.45) is 3.39. The molecule has 1 aliphatic heterocycles. The molecule has 0 aliphatic carbocycles. The van der Waals surface area contributed by atoms with Crippen LogP contribution in [-0.4, -0.2) is 33.2 Å². The summed E-state index contributed by atoms with van der Waals surface area (Å²) in [4.78, 5) is 12.2. The van der Waals surface area contributed by atoms with Crippen molar-refractivity contribution in [1.29, 1.82) is 0 Å². The van der Waals surface area contributed by atoms with Crippen LogP contribution in [0.5, 0.6) is 0 Å². The lowest BCUT2D eigenvalue weighted by molar-refractivity contribution is 0.0918. The third-order valence-electron chi connectivity index (χ3n) is 4.10. The molecular weight excluding hydrogens is 271 g/mol. The first kappa shape index (κ1) is 15.9. The number of ether oxygens (including phenoxy) is 1. The molecule has 1 atom stereocenters. The lowest BCUT2D eigenvalue weighted by atomic mass is 9.82. The number of carbonyl (C=O) groups excluding carboxylic acids is 1. The van der Waals surface area contributed by atoms with Crippen LogP contribution in [0.4, 0.5) is 4.39 Å². The number of unbranched alkanes of at least 4 members (excludes halogenated alkanes) is 1. The number of hydrogen-bond acceptors (Lipinski definition) is 3. The maximum atomic E-state index is 13.6. The zero-order chi connectivity index (χ0) is 15.3. The Labute approximate surface area is 125 Å². The summed E-state index contributed by atoms with van der Waals surface area (Å²) in [5, 5.41) is 6.20. The van der Waals surface area contributed by atoms with Gasteiger partial charge in [0, 0.05) is 19.3 Å². The molecule has 0 radical (unpaired) electrons. The Morgan fingerprint density at radius 3 is 2.86 bits per heavy atom. The Bertz CT molecular complexity index is 507. The van der Waals surface area contributed by atoms with Crippen LogP contribution in [0.1, 0.15) is 41.6 Å². The zero-order valence-electron chi connectivity index (χ0n) is 12.7. The van der Waals surface area contributed by atoms with E-state index in [2.05, 4.69) is 10.6 Å². The standard InChI is InChI=1S/C16H23FN2O2/c1-18-9-8-16(7-3-4-10-21-2)14-11-12(17)5-6-13(14)15(20)19-16/h5-6,11,18H,3-4,7-10H2,1-2H3,(H,19,20)/t16-/m1/s1. The molecular formula is C16H23FN2O2. The Balaban J connectivity index is 2.24. The summed E-state index contributed by atoms with van der Waals surface area (Å²) < 4.78 is 18.7. The van der Waals surface area contributed by atoms with Crippen molar-refractivity contribution in [1.82, 2.24) is 10.6 Å². The first-order valence-corrected chi connectivity index (χ1v) is 7.39. The van der Waals surface area contributed by atoms with E-state index in [1.165, 1.54) is 12.1 Å². The highest BCUT2D eigenvalue weighted by Gasteiger charge is 2.41. The van der Waals surface area contributed by atoms with Crippen molar-refractivity contribution in [3.63, 3.8) is 0 Å². The Morgan fingerprint density at radius 1 is 1.33 bits per heavy atom. The van der Waals surface area contributed by atoms with Gasteiger partial charge in [-0.3, -0.25) is 4.79 Å². The molecule has 0 bridgehead atoms. The van der Waals surface area contributed by atoms with E-state index in [-0.39, 0.29) is 11.7 Å². The van der Waals surface area contributed by atoms with Gasteiger partial charge in [-0.25, -0.2) is 4.39 Å². The van der Waals surface area contributed by atoms with E-state index in [1.807, 2.05) is 7.05 Å². The molecule has 4 nitrogen and oxygen atoms in total. The molecule has 1 amide bonds. The van der Waals surface area contributed by atoms with Gasteiger partial charge in [-0.1, -0.05) is 0 Å². The van der Waals surface area contributed by atoms with Crippen molar-refractivity contribution in [2.75, 3.05) is 27.3 Å². The molecule has 1 aliphatic rings. The zero-order valence-corrected chi connectivity index (χ0v) is 12.7. The van der Waals surface area contributed by atoms with E-state index in [4.69, 9.17) is 4.74 Å². The number of carbonyl (C=O) groups is 1. The molecule has 1 aromatic carbocycles. The van der Waals surface area contributed by atoms with Crippen LogP contribution >= 0.6 is 0 Å². The summed E-state index contributed by atoms with van der Waals surface area (Å²) in [5.41, 5.74) is 0.921. The minimum Gasteiger partial charge on any atom is -0.385 e. The summed E-state index contributed by atoms with van der Waals surface area (Å²) >= 11 is 0. The number of amides is 1. The number of halogens is 1. The second kappa shape index (κ2) is 7.00. The number of fused-ring (bicyclic) bond motifs is 1. The molecule has 1 aromatic rings. The van der Waals surface area contributed by atoms with Crippen LogP contribution in [0, 0.1) is 5.82 Å². The summed E-state index contributed by atoms with van der Waals surface area (Å²) in [7, 11) is 3.56. The van der Waals surface area contributed by atoms with Gasteiger partial charge in [-0.05, 0) is 63.0 Å². The fourth-order valence-electron chi connectivity index (χ4n) is 2.99. The van der Waals surface area contributed by atoms with Gasteiger partial charge in [0.05, 0.1) is 5.54 Å². The second-order valence-electron chi connectivity index (χ2n) is 5.53. The maximum absolute atomic E-state index is 13.6. The molecule has 1 heterocycles. The SMILES string of the molecule is CNCC[C@@]1(CCCCOC)NC(=O)c2ccc(F)cc21. The average Bonchev–Trinajstić information content (AvgIpc) is 2.74. The van der Waals surface area contributed by atoms with Gasteiger partial charge >= 0.3 is 0 Å². The van der Waals surface area contributed by atoms with Crippen LogP contribution in [0.25, 0.3) is 0 Å². The first-order chi connectivity index (χ1) is 10.1. The molecule has 0 saturated heterocycles. The maximum Gasteiger partial charge on any atom is 0.252 e. The van der Waals surface area contributed by atoms with Crippen molar-refractivity contribution in [3.8, 4) is 0 Å². The normalized spacial score (nSPS) is 20.4. The largest absolute Gasteiger partial charge is 0.385 e. The van der Waals surface area contributed by atoms with Crippen LogP contribution in [0.2, 0.25) is 0 Å². The fourth-order valence-corrected chi connectivity index (χ4v) is 2.99. The monoisotopic (exact) mass is 294 g/mol. The van der Waals surface area contributed by atoms with Crippen molar-refractivity contribution in [2.45, 2.75) is 31.2 Å².